The van der Waals surface area contributed by atoms with Crippen molar-refractivity contribution in [1.29, 1.82) is 0 Å². The number of nitrogens with zero attached hydrogens (tertiary/aromatic N) is 1. The van der Waals surface area contributed by atoms with Gasteiger partial charge < -0.3 is 15.3 Å². The van der Waals surface area contributed by atoms with Crippen LogP contribution in [0.4, 0.5) is 5.69 Å². The zero-order valence-electron chi connectivity index (χ0n) is 19.5. The van der Waals surface area contributed by atoms with E-state index in [1.54, 1.807) is 19.1 Å². The van der Waals surface area contributed by atoms with E-state index in [0.717, 1.165) is 22.6 Å². The molecule has 0 amide bonds. The highest BCUT2D eigenvalue weighted by atomic mass is 32.1. The number of hydrogen-bond acceptors (Lipinski definition) is 7. The van der Waals surface area contributed by atoms with Crippen molar-refractivity contribution < 1.29 is 19.1 Å². The van der Waals surface area contributed by atoms with Gasteiger partial charge in [0, 0.05) is 23.1 Å². The van der Waals surface area contributed by atoms with E-state index in [9.17, 15) is 14.7 Å². The molecule has 0 spiro atoms. The number of Topliss-reactive ketones (excluding diaryl/α,β-unsaturated/α-hetero) is 1. The van der Waals surface area contributed by atoms with Crippen molar-refractivity contribution in [2.75, 3.05) is 5.73 Å². The third-order valence-electron chi connectivity index (χ3n) is 6.81. The third-order valence-corrected chi connectivity index (χ3v) is 7.91. The van der Waals surface area contributed by atoms with Crippen LogP contribution in [0.2, 0.25) is 0 Å². The molecule has 3 N–H and O–H groups in total. The molecule has 0 fully saturated rings. The lowest BCUT2D eigenvalue weighted by atomic mass is 9.64. The summed E-state index contributed by atoms with van der Waals surface area (Å²) in [5.41, 5.74) is 8.60. The summed E-state index contributed by atoms with van der Waals surface area (Å²) < 4.78 is 5.98. The second-order valence-corrected chi connectivity index (χ2v) is 10.4. The van der Waals surface area contributed by atoms with E-state index in [1.807, 2.05) is 44.2 Å². The zero-order valence-corrected chi connectivity index (χ0v) is 20.3. The number of furan rings is 1. The number of carbonyl (C=O) groups excluding carboxylic acids is 2. The largest absolute Gasteiger partial charge is 0.466 e. The van der Waals surface area contributed by atoms with E-state index in [-0.39, 0.29) is 18.0 Å². The van der Waals surface area contributed by atoms with Crippen LogP contribution in [0.5, 0.6) is 0 Å². The number of anilines is 1. The molecule has 0 saturated carbocycles. The molecule has 0 bridgehead atoms. The van der Waals surface area contributed by atoms with E-state index in [1.165, 1.54) is 18.3 Å². The minimum absolute atomic E-state index is 0.118. The van der Waals surface area contributed by atoms with Gasteiger partial charge in [-0.25, -0.2) is 4.98 Å². The molecular formula is C27H26N2O4S. The number of fused-ring (bicyclic) bond motifs is 3. The topological polar surface area (TPSA) is 106 Å². The number of hydrogen-bond donors (Lipinski definition) is 2. The highest BCUT2D eigenvalue weighted by Crippen LogP contribution is 2.51. The van der Waals surface area contributed by atoms with Gasteiger partial charge >= 0.3 is 0 Å². The van der Waals surface area contributed by atoms with Crippen molar-refractivity contribution in [1.82, 2.24) is 4.98 Å². The van der Waals surface area contributed by atoms with Crippen LogP contribution < -0.4 is 5.73 Å². The Balaban J connectivity index is 1.79. The molecule has 3 unspecified atom stereocenters. The highest BCUT2D eigenvalue weighted by Gasteiger charge is 2.50. The average Bonchev–Trinajstić information content (AvgIpc) is 3.35. The summed E-state index contributed by atoms with van der Waals surface area (Å²) in [6.45, 7) is 6.93. The minimum Gasteiger partial charge on any atom is -0.466 e. The molecule has 4 aromatic rings. The lowest BCUT2D eigenvalue weighted by molar-refractivity contribution is -0.131. The number of ketones is 2. The Hall–Kier alpha value is -3.29. The summed E-state index contributed by atoms with van der Waals surface area (Å²) in [6, 6.07) is 12.7. The molecular weight excluding hydrogens is 448 g/mol. The molecule has 1 aliphatic carbocycles. The lowest BCUT2D eigenvalue weighted by Gasteiger charge is -2.42. The van der Waals surface area contributed by atoms with Gasteiger partial charge in [0.05, 0.1) is 23.1 Å². The summed E-state index contributed by atoms with van der Waals surface area (Å²) >= 11 is 1.26. The number of aliphatic hydroxyl groups is 1. The number of pyridine rings is 1. The average molecular weight is 475 g/mol. The number of nitrogens with two attached hydrogens (primary N) is 1. The van der Waals surface area contributed by atoms with Crippen LogP contribution in [0, 0.1) is 19.8 Å². The summed E-state index contributed by atoms with van der Waals surface area (Å²) in [6.07, 6.45) is 0.225. The molecule has 34 heavy (non-hydrogen) atoms. The fourth-order valence-corrected chi connectivity index (χ4v) is 6.58. The number of nitrogen functional groups attached to an aromatic ring is 1. The number of thiophene rings is 1. The van der Waals surface area contributed by atoms with Gasteiger partial charge in [0.2, 0.25) is 5.78 Å². The van der Waals surface area contributed by atoms with Gasteiger partial charge in [-0.3, -0.25) is 9.59 Å². The van der Waals surface area contributed by atoms with Crippen molar-refractivity contribution in [2.45, 2.75) is 45.6 Å². The first-order chi connectivity index (χ1) is 16.1. The molecule has 174 valence electrons. The Bertz CT molecular complexity index is 1450. The molecule has 0 radical (unpaired) electrons. The normalized spacial score (nSPS) is 22.0. The van der Waals surface area contributed by atoms with E-state index in [2.05, 4.69) is 0 Å². The van der Waals surface area contributed by atoms with Gasteiger partial charge in [-0.15, -0.1) is 11.3 Å². The van der Waals surface area contributed by atoms with E-state index >= 15 is 0 Å². The molecule has 1 aromatic carbocycles. The van der Waals surface area contributed by atoms with Crippen LogP contribution in [0.15, 0.2) is 46.9 Å². The van der Waals surface area contributed by atoms with Gasteiger partial charge in [0.25, 0.3) is 0 Å². The molecule has 6 nitrogen and oxygen atoms in total. The number of benzene rings is 1. The minimum atomic E-state index is -1.33. The van der Waals surface area contributed by atoms with E-state index in [0.29, 0.717) is 32.1 Å². The third kappa shape index (κ3) is 3.38. The predicted octanol–water partition coefficient (Wildman–Crippen LogP) is 4.96. The van der Waals surface area contributed by atoms with Gasteiger partial charge in [-0.1, -0.05) is 30.3 Å². The fraction of sp³-hybridized carbons (Fsp3) is 0.296. The molecule has 7 heteroatoms. The van der Waals surface area contributed by atoms with E-state index < -0.39 is 17.4 Å². The number of aromatic nitrogens is 1. The van der Waals surface area contributed by atoms with Crippen LogP contribution in [0.3, 0.4) is 0 Å². The van der Waals surface area contributed by atoms with Crippen LogP contribution in [-0.4, -0.2) is 27.3 Å². The second kappa shape index (κ2) is 7.89. The summed E-state index contributed by atoms with van der Waals surface area (Å²) in [5, 5.41) is 12.2. The Kier molecular flexibility index (Phi) is 5.22. The first kappa shape index (κ1) is 22.5. The first-order valence-electron chi connectivity index (χ1n) is 11.2. The quantitative estimate of drug-likeness (QED) is 0.405. The monoisotopic (exact) mass is 474 g/mol. The summed E-state index contributed by atoms with van der Waals surface area (Å²) in [5.74, 6) is -0.148. The molecule has 3 heterocycles. The first-order valence-corrected chi connectivity index (χ1v) is 12.0. The highest BCUT2D eigenvalue weighted by molar-refractivity contribution is 7.21. The van der Waals surface area contributed by atoms with Gasteiger partial charge in [0.15, 0.2) is 0 Å². The Morgan fingerprint density at radius 3 is 2.50 bits per heavy atom. The number of aryl methyl sites for hydroxylation is 2. The SMILES string of the molecule is CC(=O)C1C(c2ccc(C)o2)c2c(C)nc3sc(C(=O)c4ccccc4)c(N)c3c2CC1(C)O. The number of rotatable bonds is 4. The smallest absolute Gasteiger partial charge is 0.205 e. The van der Waals surface area contributed by atoms with Crippen LogP contribution in [-0.2, 0) is 11.2 Å². The Morgan fingerprint density at radius 1 is 1.18 bits per heavy atom. The summed E-state index contributed by atoms with van der Waals surface area (Å²) in [7, 11) is 0. The van der Waals surface area contributed by atoms with Crippen molar-refractivity contribution in [2.24, 2.45) is 5.92 Å². The second-order valence-electron chi connectivity index (χ2n) is 9.36. The summed E-state index contributed by atoms with van der Waals surface area (Å²) in [4.78, 5) is 32.0. The maximum atomic E-state index is 13.2. The van der Waals surface area contributed by atoms with Crippen LogP contribution in [0.25, 0.3) is 10.2 Å². The molecule has 0 saturated heterocycles. The van der Waals surface area contributed by atoms with Crippen molar-refractivity contribution in [3.63, 3.8) is 0 Å². The van der Waals surface area contributed by atoms with Crippen LogP contribution >= 0.6 is 11.3 Å². The maximum Gasteiger partial charge on any atom is 0.205 e. The van der Waals surface area contributed by atoms with Crippen LogP contribution in [0.1, 0.15) is 63.3 Å². The lowest BCUT2D eigenvalue weighted by Crippen LogP contribution is -2.48. The Morgan fingerprint density at radius 2 is 1.88 bits per heavy atom. The molecule has 5 rings (SSSR count). The fourth-order valence-electron chi connectivity index (χ4n) is 5.45. The van der Waals surface area contributed by atoms with Crippen molar-refractivity contribution in [3.8, 4) is 0 Å². The molecule has 3 atom stereocenters. The standard InChI is InChI=1S/C27H26N2O4S/c1-13-10-11-18(33-13)21-19-14(2)29-26-20(17(19)12-27(4,32)22(21)15(3)30)23(28)25(34-26)24(31)16-8-6-5-7-9-16/h5-11,21-22,32H,12,28H2,1-4H3. The van der Waals surface area contributed by atoms with Gasteiger partial charge in [-0.2, -0.15) is 0 Å². The van der Waals surface area contributed by atoms with E-state index in [4.69, 9.17) is 15.1 Å². The molecule has 1 aliphatic rings. The Labute approximate surface area is 201 Å². The predicted molar refractivity (Wildman–Crippen MR) is 132 cm³/mol. The van der Waals surface area contributed by atoms with Crippen molar-refractivity contribution >= 4 is 38.8 Å². The van der Waals surface area contributed by atoms with Gasteiger partial charge in [0.1, 0.15) is 27.0 Å². The van der Waals surface area contributed by atoms with Crippen molar-refractivity contribution in [3.05, 3.63) is 81.2 Å². The van der Waals surface area contributed by atoms with Gasteiger partial charge in [-0.05, 0) is 51.0 Å². The molecule has 0 aliphatic heterocycles. The molecule has 3 aromatic heterocycles. The maximum absolute atomic E-state index is 13.2. The zero-order chi connectivity index (χ0) is 24.4. The number of carbonyl (C=O) groups is 2.